The van der Waals surface area contributed by atoms with E-state index in [-0.39, 0.29) is 6.04 Å². The van der Waals surface area contributed by atoms with Crippen LogP contribution in [-0.2, 0) is 4.79 Å². The van der Waals surface area contributed by atoms with Gasteiger partial charge < -0.3 is 10.4 Å². The zero-order valence-electron chi connectivity index (χ0n) is 10.1. The maximum absolute atomic E-state index is 11.2. The summed E-state index contributed by atoms with van der Waals surface area (Å²) in [5.74, 6) is -0.656. The summed E-state index contributed by atoms with van der Waals surface area (Å²) in [5.41, 5.74) is 0.690. The highest BCUT2D eigenvalue weighted by Gasteiger charge is 2.44. The van der Waals surface area contributed by atoms with Crippen LogP contribution in [0, 0.1) is 5.41 Å². The zero-order chi connectivity index (χ0) is 12.3. The van der Waals surface area contributed by atoms with Gasteiger partial charge in [-0.1, -0.05) is 36.8 Å². The van der Waals surface area contributed by atoms with Crippen molar-refractivity contribution >= 4 is 5.97 Å². The Morgan fingerprint density at radius 1 is 1.41 bits per heavy atom. The number of carboxylic acids is 1. The Morgan fingerprint density at radius 2 is 2.06 bits per heavy atom. The topological polar surface area (TPSA) is 49.3 Å². The smallest absolute Gasteiger partial charge is 0.310 e. The van der Waals surface area contributed by atoms with E-state index in [4.69, 9.17) is 0 Å². The fourth-order valence-electron chi connectivity index (χ4n) is 2.28. The van der Waals surface area contributed by atoms with Crippen LogP contribution < -0.4 is 5.32 Å². The minimum atomic E-state index is -0.656. The molecule has 0 spiro atoms. The van der Waals surface area contributed by atoms with E-state index in [2.05, 4.69) is 24.4 Å². The molecule has 17 heavy (non-hydrogen) atoms. The van der Waals surface area contributed by atoms with Crippen LogP contribution in [0.5, 0.6) is 0 Å². The first-order chi connectivity index (χ1) is 8.14. The van der Waals surface area contributed by atoms with Crippen molar-refractivity contribution in [3.63, 3.8) is 0 Å². The Bertz CT molecular complexity index is 384. The minimum Gasteiger partial charge on any atom is -0.481 e. The molecule has 0 aliphatic heterocycles. The third kappa shape index (κ3) is 2.50. The molecule has 3 heteroatoms. The number of aliphatic carboxylic acids is 1. The van der Waals surface area contributed by atoms with Crippen molar-refractivity contribution in [3.05, 3.63) is 35.9 Å². The molecule has 0 heterocycles. The Balaban J connectivity index is 1.92. The highest BCUT2D eigenvalue weighted by atomic mass is 16.4. The van der Waals surface area contributed by atoms with Gasteiger partial charge in [0.1, 0.15) is 0 Å². The molecule has 92 valence electrons. The molecule has 1 aliphatic rings. The molecule has 1 aromatic rings. The largest absolute Gasteiger partial charge is 0.481 e. The van der Waals surface area contributed by atoms with Crippen molar-refractivity contribution in [2.24, 2.45) is 5.41 Å². The van der Waals surface area contributed by atoms with Crippen LogP contribution in [0.4, 0.5) is 0 Å². The standard InChI is InChI=1S/C14H19NO2/c1-11(12-6-3-2-4-7-12)15-10-14(13(16)17)8-5-9-14/h2-4,6-7,11,15H,5,8-10H2,1H3,(H,16,17). The maximum Gasteiger partial charge on any atom is 0.310 e. The molecule has 0 radical (unpaired) electrons. The van der Waals surface area contributed by atoms with Gasteiger partial charge in [-0.3, -0.25) is 4.79 Å². The maximum atomic E-state index is 11.2. The minimum absolute atomic E-state index is 0.202. The van der Waals surface area contributed by atoms with E-state index < -0.39 is 11.4 Å². The third-order valence-corrected chi connectivity index (χ3v) is 3.81. The average molecular weight is 233 g/mol. The van der Waals surface area contributed by atoms with Gasteiger partial charge in [-0.15, -0.1) is 0 Å². The quantitative estimate of drug-likeness (QED) is 0.821. The van der Waals surface area contributed by atoms with Gasteiger partial charge in [0.2, 0.25) is 0 Å². The van der Waals surface area contributed by atoms with Crippen LogP contribution in [0.25, 0.3) is 0 Å². The summed E-state index contributed by atoms with van der Waals surface area (Å²) in [7, 11) is 0. The van der Waals surface area contributed by atoms with Gasteiger partial charge in [0.25, 0.3) is 0 Å². The molecule has 2 rings (SSSR count). The van der Waals surface area contributed by atoms with Crippen LogP contribution in [0.3, 0.4) is 0 Å². The van der Waals surface area contributed by atoms with Gasteiger partial charge >= 0.3 is 5.97 Å². The molecule has 1 saturated carbocycles. The molecule has 1 fully saturated rings. The Hall–Kier alpha value is -1.35. The highest BCUT2D eigenvalue weighted by molar-refractivity contribution is 5.76. The molecule has 1 atom stereocenters. The van der Waals surface area contributed by atoms with Gasteiger partial charge in [0, 0.05) is 12.6 Å². The van der Waals surface area contributed by atoms with E-state index in [1.807, 2.05) is 18.2 Å². The number of hydrogen-bond donors (Lipinski definition) is 2. The first-order valence-electron chi connectivity index (χ1n) is 6.16. The number of benzene rings is 1. The SMILES string of the molecule is CC(NCC1(C(=O)O)CCC1)c1ccccc1. The lowest BCUT2D eigenvalue weighted by Gasteiger charge is -2.38. The molecule has 1 aliphatic carbocycles. The van der Waals surface area contributed by atoms with Crippen LogP contribution >= 0.6 is 0 Å². The molecule has 0 aromatic heterocycles. The number of carboxylic acid groups (broad SMARTS) is 1. The summed E-state index contributed by atoms with van der Waals surface area (Å²) in [6.45, 7) is 2.64. The second kappa shape index (κ2) is 4.88. The van der Waals surface area contributed by atoms with Gasteiger partial charge in [-0.25, -0.2) is 0 Å². The van der Waals surface area contributed by atoms with E-state index in [1.54, 1.807) is 0 Å². The van der Waals surface area contributed by atoms with Crippen molar-refractivity contribution in [1.29, 1.82) is 0 Å². The van der Waals surface area contributed by atoms with Crippen LogP contribution in [0.2, 0.25) is 0 Å². The molecule has 3 nitrogen and oxygen atoms in total. The van der Waals surface area contributed by atoms with E-state index in [0.29, 0.717) is 6.54 Å². The number of rotatable bonds is 5. The highest BCUT2D eigenvalue weighted by Crippen LogP contribution is 2.40. The van der Waals surface area contributed by atoms with E-state index in [9.17, 15) is 9.90 Å². The molecule has 0 bridgehead atoms. The molecule has 0 amide bonds. The van der Waals surface area contributed by atoms with Crippen molar-refractivity contribution in [1.82, 2.24) is 5.32 Å². The van der Waals surface area contributed by atoms with Gasteiger partial charge in [-0.2, -0.15) is 0 Å². The van der Waals surface area contributed by atoms with Crippen molar-refractivity contribution < 1.29 is 9.90 Å². The zero-order valence-corrected chi connectivity index (χ0v) is 10.1. The molecule has 0 saturated heterocycles. The van der Waals surface area contributed by atoms with Crippen molar-refractivity contribution in [2.75, 3.05) is 6.54 Å². The summed E-state index contributed by atoms with van der Waals surface area (Å²) in [5, 5.41) is 12.6. The Morgan fingerprint density at radius 3 is 2.53 bits per heavy atom. The molecule has 1 unspecified atom stereocenters. The Labute approximate surface area is 102 Å². The molecule has 1 aromatic carbocycles. The van der Waals surface area contributed by atoms with Crippen LogP contribution in [-0.4, -0.2) is 17.6 Å². The second-order valence-electron chi connectivity index (χ2n) is 4.95. The van der Waals surface area contributed by atoms with Crippen LogP contribution in [0.1, 0.15) is 37.8 Å². The van der Waals surface area contributed by atoms with E-state index in [0.717, 1.165) is 19.3 Å². The molecular weight excluding hydrogens is 214 g/mol. The van der Waals surface area contributed by atoms with Crippen molar-refractivity contribution in [2.45, 2.75) is 32.2 Å². The number of hydrogen-bond acceptors (Lipinski definition) is 2. The summed E-state index contributed by atoms with van der Waals surface area (Å²) in [6, 6.07) is 10.3. The van der Waals surface area contributed by atoms with Gasteiger partial charge in [0.15, 0.2) is 0 Å². The first-order valence-corrected chi connectivity index (χ1v) is 6.16. The lowest BCUT2D eigenvalue weighted by molar-refractivity contribution is -0.154. The summed E-state index contributed by atoms with van der Waals surface area (Å²) >= 11 is 0. The predicted octanol–water partition coefficient (Wildman–Crippen LogP) is 2.59. The van der Waals surface area contributed by atoms with Crippen molar-refractivity contribution in [3.8, 4) is 0 Å². The van der Waals surface area contributed by atoms with E-state index in [1.165, 1.54) is 5.56 Å². The molecular formula is C14H19NO2. The fraction of sp³-hybridized carbons (Fsp3) is 0.500. The Kier molecular flexibility index (Phi) is 3.48. The summed E-state index contributed by atoms with van der Waals surface area (Å²) in [6.07, 6.45) is 2.64. The predicted molar refractivity (Wildman–Crippen MR) is 66.8 cm³/mol. The lowest BCUT2D eigenvalue weighted by Crippen LogP contribution is -2.46. The van der Waals surface area contributed by atoms with Gasteiger partial charge in [0.05, 0.1) is 5.41 Å². The fourth-order valence-corrected chi connectivity index (χ4v) is 2.28. The normalized spacial score (nSPS) is 19.4. The lowest BCUT2D eigenvalue weighted by atomic mass is 9.68. The first kappa shape index (κ1) is 12.1. The monoisotopic (exact) mass is 233 g/mol. The van der Waals surface area contributed by atoms with Gasteiger partial charge in [-0.05, 0) is 25.3 Å². The molecule has 2 N–H and O–H groups in total. The number of carbonyl (C=O) groups is 1. The second-order valence-corrected chi connectivity index (χ2v) is 4.95. The number of nitrogens with one attached hydrogen (secondary N) is 1. The summed E-state index contributed by atoms with van der Waals surface area (Å²) < 4.78 is 0. The average Bonchev–Trinajstić information content (AvgIpc) is 2.28. The summed E-state index contributed by atoms with van der Waals surface area (Å²) in [4.78, 5) is 11.2. The van der Waals surface area contributed by atoms with Crippen LogP contribution in [0.15, 0.2) is 30.3 Å². The third-order valence-electron chi connectivity index (χ3n) is 3.81. The van der Waals surface area contributed by atoms with E-state index >= 15 is 0 Å².